The first-order valence-electron chi connectivity index (χ1n) is 5.41. The zero-order chi connectivity index (χ0) is 10.8. The molecule has 1 heterocycles. The Bertz CT molecular complexity index is 457. The summed E-state index contributed by atoms with van der Waals surface area (Å²) in [6, 6.07) is 8.39. The Morgan fingerprint density at radius 1 is 1.33 bits per heavy atom. The van der Waals surface area contributed by atoms with Gasteiger partial charge in [0.15, 0.2) is 0 Å². The predicted molar refractivity (Wildman–Crippen MR) is 62.9 cm³/mol. The number of nitrogens with two attached hydrogens (primary N) is 1. The van der Waals surface area contributed by atoms with E-state index in [-0.39, 0.29) is 6.04 Å². The Hall–Kier alpha value is -1.28. The summed E-state index contributed by atoms with van der Waals surface area (Å²) in [7, 11) is 0. The number of para-hydroxylation sites is 1. The van der Waals surface area contributed by atoms with Crippen molar-refractivity contribution in [2.75, 3.05) is 0 Å². The zero-order valence-electron chi connectivity index (χ0n) is 9.29. The zero-order valence-corrected chi connectivity index (χ0v) is 9.29. The van der Waals surface area contributed by atoms with E-state index in [9.17, 15) is 0 Å². The first-order chi connectivity index (χ1) is 7.18. The number of benzene rings is 1. The first kappa shape index (κ1) is 10.2. The van der Waals surface area contributed by atoms with Crippen LogP contribution in [0.15, 0.2) is 28.7 Å². The second-order valence-electron chi connectivity index (χ2n) is 4.16. The van der Waals surface area contributed by atoms with Gasteiger partial charge in [0, 0.05) is 17.8 Å². The molecular formula is C13H17NO. The summed E-state index contributed by atoms with van der Waals surface area (Å²) in [6.45, 7) is 4.14. The highest BCUT2D eigenvalue weighted by molar-refractivity contribution is 5.81. The molecule has 2 aromatic rings. The summed E-state index contributed by atoms with van der Waals surface area (Å²) in [4.78, 5) is 0. The molecule has 0 bridgehead atoms. The molecule has 0 saturated heterocycles. The van der Waals surface area contributed by atoms with E-state index in [1.807, 2.05) is 25.1 Å². The Morgan fingerprint density at radius 2 is 2.07 bits per heavy atom. The highest BCUT2D eigenvalue weighted by Crippen LogP contribution is 2.25. The van der Waals surface area contributed by atoms with E-state index in [1.165, 1.54) is 10.9 Å². The molecule has 0 amide bonds. The fraction of sp³-hybridized carbons (Fsp3) is 0.385. The van der Waals surface area contributed by atoms with Gasteiger partial charge in [0.25, 0.3) is 0 Å². The molecule has 0 unspecified atom stereocenters. The van der Waals surface area contributed by atoms with Gasteiger partial charge in [-0.3, -0.25) is 0 Å². The third-order valence-electron chi connectivity index (χ3n) is 2.77. The molecule has 2 N–H and O–H groups in total. The third kappa shape index (κ3) is 2.05. The number of furan rings is 1. The van der Waals surface area contributed by atoms with E-state index in [4.69, 9.17) is 10.2 Å². The quantitative estimate of drug-likeness (QED) is 0.832. The molecule has 0 aliphatic rings. The maximum atomic E-state index is 5.79. The van der Waals surface area contributed by atoms with E-state index < -0.39 is 0 Å². The smallest absolute Gasteiger partial charge is 0.134 e. The third-order valence-corrected chi connectivity index (χ3v) is 2.77. The lowest BCUT2D eigenvalue weighted by molar-refractivity contribution is 0.519. The van der Waals surface area contributed by atoms with Crippen molar-refractivity contribution >= 4 is 11.0 Å². The minimum atomic E-state index is 0.234. The lowest BCUT2D eigenvalue weighted by Crippen LogP contribution is -2.15. The molecule has 0 radical (unpaired) electrons. The number of hydrogen-bond acceptors (Lipinski definition) is 2. The SMILES string of the molecule is Cc1c(CC[C@H](C)N)oc2ccccc12. The standard InChI is InChI=1S/C13H17NO/c1-9(14)7-8-12-10(2)11-5-3-4-6-13(11)15-12/h3-6,9H,7-8,14H2,1-2H3/t9-/m0/s1. The molecule has 1 aromatic carbocycles. The van der Waals surface area contributed by atoms with Crippen molar-refractivity contribution in [3.05, 3.63) is 35.6 Å². The van der Waals surface area contributed by atoms with Gasteiger partial charge in [-0.15, -0.1) is 0 Å². The number of rotatable bonds is 3. The van der Waals surface area contributed by atoms with Gasteiger partial charge in [-0.2, -0.15) is 0 Å². The van der Waals surface area contributed by atoms with Crippen molar-refractivity contribution in [3.8, 4) is 0 Å². The van der Waals surface area contributed by atoms with Crippen LogP contribution in [0.4, 0.5) is 0 Å². The molecule has 0 saturated carbocycles. The normalized spacial score (nSPS) is 13.3. The Labute approximate surface area is 90.1 Å². The maximum absolute atomic E-state index is 5.79. The van der Waals surface area contributed by atoms with Gasteiger partial charge in [-0.1, -0.05) is 18.2 Å². The fourth-order valence-electron chi connectivity index (χ4n) is 1.82. The Morgan fingerprint density at radius 3 is 2.73 bits per heavy atom. The monoisotopic (exact) mass is 203 g/mol. The van der Waals surface area contributed by atoms with E-state index in [0.29, 0.717) is 0 Å². The van der Waals surface area contributed by atoms with Crippen LogP contribution >= 0.6 is 0 Å². The molecule has 1 aromatic heterocycles. The molecular weight excluding hydrogens is 186 g/mol. The van der Waals surface area contributed by atoms with Gasteiger partial charge in [0.1, 0.15) is 11.3 Å². The molecule has 0 fully saturated rings. The molecule has 2 rings (SSSR count). The molecule has 15 heavy (non-hydrogen) atoms. The Kier molecular flexibility index (Phi) is 2.78. The highest BCUT2D eigenvalue weighted by atomic mass is 16.3. The topological polar surface area (TPSA) is 39.2 Å². The lowest BCUT2D eigenvalue weighted by Gasteiger charge is -2.02. The van der Waals surface area contributed by atoms with Crippen molar-refractivity contribution in [2.45, 2.75) is 32.7 Å². The van der Waals surface area contributed by atoms with Gasteiger partial charge < -0.3 is 10.2 Å². The van der Waals surface area contributed by atoms with Gasteiger partial charge in [0.05, 0.1) is 0 Å². The van der Waals surface area contributed by atoms with Crippen molar-refractivity contribution in [3.63, 3.8) is 0 Å². The summed E-state index contributed by atoms with van der Waals surface area (Å²) >= 11 is 0. The largest absolute Gasteiger partial charge is 0.461 e. The average molecular weight is 203 g/mol. The van der Waals surface area contributed by atoms with Crippen LogP contribution in [0.3, 0.4) is 0 Å². The first-order valence-corrected chi connectivity index (χ1v) is 5.41. The molecule has 80 valence electrons. The van der Waals surface area contributed by atoms with E-state index >= 15 is 0 Å². The lowest BCUT2D eigenvalue weighted by atomic mass is 10.1. The summed E-state index contributed by atoms with van der Waals surface area (Å²) in [5.74, 6) is 1.08. The second-order valence-corrected chi connectivity index (χ2v) is 4.16. The van der Waals surface area contributed by atoms with Crippen LogP contribution in [0.1, 0.15) is 24.7 Å². The van der Waals surface area contributed by atoms with Crippen LogP contribution in [0.5, 0.6) is 0 Å². The van der Waals surface area contributed by atoms with Crippen molar-refractivity contribution in [1.29, 1.82) is 0 Å². The molecule has 2 heteroatoms. The molecule has 0 spiro atoms. The summed E-state index contributed by atoms with van der Waals surface area (Å²) in [5, 5.41) is 1.22. The van der Waals surface area contributed by atoms with Crippen LogP contribution in [0.25, 0.3) is 11.0 Å². The number of aryl methyl sites for hydroxylation is 2. The molecule has 1 atom stereocenters. The summed E-state index contributed by atoms with van der Waals surface area (Å²) in [6.07, 6.45) is 1.90. The predicted octanol–water partition coefficient (Wildman–Crippen LogP) is 3.02. The van der Waals surface area contributed by atoms with Crippen LogP contribution in [0, 0.1) is 6.92 Å². The Balaban J connectivity index is 2.32. The van der Waals surface area contributed by atoms with E-state index in [0.717, 1.165) is 24.2 Å². The average Bonchev–Trinajstić information content (AvgIpc) is 2.54. The maximum Gasteiger partial charge on any atom is 0.134 e. The van der Waals surface area contributed by atoms with Crippen molar-refractivity contribution < 1.29 is 4.42 Å². The minimum Gasteiger partial charge on any atom is -0.461 e. The summed E-state index contributed by atoms with van der Waals surface area (Å²) in [5.41, 5.74) is 7.98. The minimum absolute atomic E-state index is 0.234. The van der Waals surface area contributed by atoms with Gasteiger partial charge in [0.2, 0.25) is 0 Å². The fourth-order valence-corrected chi connectivity index (χ4v) is 1.82. The molecule has 0 aliphatic carbocycles. The van der Waals surface area contributed by atoms with Gasteiger partial charge in [-0.05, 0) is 31.9 Å². The van der Waals surface area contributed by atoms with Crippen LogP contribution in [-0.4, -0.2) is 6.04 Å². The van der Waals surface area contributed by atoms with Crippen LogP contribution in [-0.2, 0) is 6.42 Å². The number of hydrogen-bond donors (Lipinski definition) is 1. The van der Waals surface area contributed by atoms with Crippen LogP contribution in [0.2, 0.25) is 0 Å². The van der Waals surface area contributed by atoms with Gasteiger partial charge in [-0.25, -0.2) is 0 Å². The van der Waals surface area contributed by atoms with Crippen molar-refractivity contribution in [2.24, 2.45) is 5.73 Å². The second kappa shape index (κ2) is 4.07. The van der Waals surface area contributed by atoms with E-state index in [2.05, 4.69) is 13.0 Å². The van der Waals surface area contributed by atoms with Crippen LogP contribution < -0.4 is 5.73 Å². The molecule has 0 aliphatic heterocycles. The number of fused-ring (bicyclic) bond motifs is 1. The van der Waals surface area contributed by atoms with E-state index in [1.54, 1.807) is 0 Å². The van der Waals surface area contributed by atoms with Gasteiger partial charge >= 0.3 is 0 Å². The highest BCUT2D eigenvalue weighted by Gasteiger charge is 2.09. The summed E-state index contributed by atoms with van der Waals surface area (Å²) < 4.78 is 5.79. The molecule has 2 nitrogen and oxygen atoms in total. The van der Waals surface area contributed by atoms with Crippen molar-refractivity contribution in [1.82, 2.24) is 0 Å².